The van der Waals surface area contributed by atoms with Crippen molar-refractivity contribution in [2.75, 3.05) is 7.05 Å². The molecule has 0 bridgehead atoms. The second-order valence-electron chi connectivity index (χ2n) is 4.26. The van der Waals surface area contributed by atoms with Gasteiger partial charge in [-0.1, -0.05) is 6.07 Å². The van der Waals surface area contributed by atoms with E-state index >= 15 is 0 Å². The van der Waals surface area contributed by atoms with Gasteiger partial charge >= 0.3 is 0 Å². The first kappa shape index (κ1) is 12.8. The predicted molar refractivity (Wildman–Crippen MR) is 65.3 cm³/mol. The quantitative estimate of drug-likeness (QED) is 0.901. The number of hydrogen-bond acceptors (Lipinski definition) is 2. The third-order valence-corrected chi connectivity index (χ3v) is 2.99. The lowest BCUT2D eigenvalue weighted by Gasteiger charge is -2.15. The summed E-state index contributed by atoms with van der Waals surface area (Å²) < 4.78 is 31.4. The topological polar surface area (TPSA) is 25.2 Å². The molecule has 96 valence electrons. The maximum absolute atomic E-state index is 13.1. The summed E-state index contributed by atoms with van der Waals surface area (Å²) in [4.78, 5) is 0. The van der Waals surface area contributed by atoms with E-state index < -0.39 is 11.6 Å². The van der Waals surface area contributed by atoms with Gasteiger partial charge in [0, 0.05) is 0 Å². The highest BCUT2D eigenvalue weighted by molar-refractivity contribution is 5.24. The van der Waals surface area contributed by atoms with E-state index in [-0.39, 0.29) is 6.04 Å². The van der Waals surface area contributed by atoms with E-state index in [0.29, 0.717) is 6.42 Å². The van der Waals surface area contributed by atoms with Crippen molar-refractivity contribution in [1.82, 2.24) is 5.32 Å². The number of rotatable bonds is 4. The largest absolute Gasteiger partial charge is 0.467 e. The Kier molecular flexibility index (Phi) is 3.77. The van der Waals surface area contributed by atoms with Gasteiger partial charge in [0.15, 0.2) is 11.6 Å². The molecule has 0 saturated heterocycles. The van der Waals surface area contributed by atoms with Crippen molar-refractivity contribution in [1.29, 1.82) is 0 Å². The molecule has 4 heteroatoms. The van der Waals surface area contributed by atoms with Crippen molar-refractivity contribution in [2.24, 2.45) is 0 Å². The first-order chi connectivity index (χ1) is 8.61. The fourth-order valence-corrected chi connectivity index (χ4v) is 1.97. The Balaban J connectivity index is 2.20. The molecule has 1 unspecified atom stereocenters. The summed E-state index contributed by atoms with van der Waals surface area (Å²) in [5, 5.41) is 3.12. The summed E-state index contributed by atoms with van der Waals surface area (Å²) in [6.07, 6.45) is 2.17. The van der Waals surface area contributed by atoms with Crippen molar-refractivity contribution < 1.29 is 13.2 Å². The van der Waals surface area contributed by atoms with Crippen molar-refractivity contribution in [2.45, 2.75) is 19.4 Å². The van der Waals surface area contributed by atoms with Crippen LogP contribution in [-0.4, -0.2) is 7.05 Å². The van der Waals surface area contributed by atoms with Gasteiger partial charge in [-0.15, -0.1) is 0 Å². The molecule has 2 rings (SSSR count). The van der Waals surface area contributed by atoms with E-state index in [9.17, 15) is 8.78 Å². The third-order valence-electron chi connectivity index (χ3n) is 2.99. The SMILES string of the molecule is CNC(Cc1ccc(F)c(F)c1)c1occc1C. The number of likely N-dealkylation sites (N-methyl/N-ethyl adjacent to an activating group) is 1. The van der Waals surface area contributed by atoms with Gasteiger partial charge in [-0.3, -0.25) is 0 Å². The normalized spacial score (nSPS) is 12.7. The molecular weight excluding hydrogens is 236 g/mol. The summed E-state index contributed by atoms with van der Waals surface area (Å²) in [6, 6.07) is 5.78. The number of nitrogens with one attached hydrogen (secondary N) is 1. The first-order valence-corrected chi connectivity index (χ1v) is 5.77. The number of aryl methyl sites for hydroxylation is 1. The highest BCUT2D eigenvalue weighted by atomic mass is 19.2. The fourth-order valence-electron chi connectivity index (χ4n) is 1.97. The fraction of sp³-hybridized carbons (Fsp3) is 0.286. The van der Waals surface area contributed by atoms with Gasteiger partial charge in [-0.2, -0.15) is 0 Å². The van der Waals surface area contributed by atoms with Crippen molar-refractivity contribution in [3.8, 4) is 0 Å². The molecule has 0 amide bonds. The number of hydrogen-bond donors (Lipinski definition) is 1. The van der Waals surface area contributed by atoms with E-state index in [1.165, 1.54) is 6.07 Å². The van der Waals surface area contributed by atoms with E-state index in [1.807, 2.05) is 20.0 Å². The van der Waals surface area contributed by atoms with Gasteiger partial charge in [0.1, 0.15) is 5.76 Å². The molecule has 0 aliphatic heterocycles. The summed E-state index contributed by atoms with van der Waals surface area (Å²) >= 11 is 0. The highest BCUT2D eigenvalue weighted by Gasteiger charge is 2.16. The second kappa shape index (κ2) is 5.31. The molecule has 0 spiro atoms. The van der Waals surface area contributed by atoms with E-state index in [4.69, 9.17) is 4.42 Å². The molecule has 1 aromatic carbocycles. The Morgan fingerprint density at radius 3 is 2.56 bits per heavy atom. The van der Waals surface area contributed by atoms with Gasteiger partial charge in [0.05, 0.1) is 12.3 Å². The third kappa shape index (κ3) is 2.59. The molecule has 0 fully saturated rings. The van der Waals surface area contributed by atoms with Gasteiger partial charge in [0.2, 0.25) is 0 Å². The maximum Gasteiger partial charge on any atom is 0.159 e. The molecular formula is C14H15F2NO. The van der Waals surface area contributed by atoms with E-state index in [1.54, 1.807) is 12.3 Å². The van der Waals surface area contributed by atoms with Crippen LogP contribution in [0.1, 0.15) is 22.9 Å². The molecule has 1 heterocycles. The Bertz CT molecular complexity index is 536. The molecule has 1 aromatic heterocycles. The minimum absolute atomic E-state index is 0.0511. The van der Waals surface area contributed by atoms with Crippen LogP contribution in [0, 0.1) is 18.6 Å². The summed E-state index contributed by atoms with van der Waals surface area (Å²) in [5.41, 5.74) is 1.76. The molecule has 0 radical (unpaired) electrons. The summed E-state index contributed by atoms with van der Waals surface area (Å²) in [6.45, 7) is 1.95. The molecule has 0 saturated carbocycles. The van der Waals surface area contributed by atoms with E-state index in [2.05, 4.69) is 5.32 Å². The molecule has 18 heavy (non-hydrogen) atoms. The minimum Gasteiger partial charge on any atom is -0.467 e. The van der Waals surface area contributed by atoms with Gasteiger partial charge in [-0.25, -0.2) is 8.78 Å². The predicted octanol–water partition coefficient (Wildman–Crippen LogP) is 3.37. The minimum atomic E-state index is -0.825. The second-order valence-corrected chi connectivity index (χ2v) is 4.26. The zero-order valence-corrected chi connectivity index (χ0v) is 10.3. The molecule has 1 atom stereocenters. The molecule has 0 aliphatic rings. The van der Waals surface area contributed by atoms with Crippen LogP contribution in [0.15, 0.2) is 34.9 Å². The van der Waals surface area contributed by atoms with Crippen LogP contribution in [0.2, 0.25) is 0 Å². The monoisotopic (exact) mass is 251 g/mol. The van der Waals surface area contributed by atoms with Crippen molar-refractivity contribution in [3.63, 3.8) is 0 Å². The van der Waals surface area contributed by atoms with Gasteiger partial charge in [0.25, 0.3) is 0 Å². The summed E-state index contributed by atoms with van der Waals surface area (Å²) in [7, 11) is 1.81. The van der Waals surface area contributed by atoms with Crippen LogP contribution >= 0.6 is 0 Å². The molecule has 2 aromatic rings. The Morgan fingerprint density at radius 2 is 2.00 bits per heavy atom. The molecule has 0 aliphatic carbocycles. The Labute approximate surface area is 105 Å². The van der Waals surface area contributed by atoms with Gasteiger partial charge in [-0.05, 0) is 49.7 Å². The van der Waals surface area contributed by atoms with Crippen LogP contribution in [0.4, 0.5) is 8.78 Å². The van der Waals surface area contributed by atoms with Crippen LogP contribution in [0.5, 0.6) is 0 Å². The molecule has 1 N–H and O–H groups in total. The van der Waals surface area contributed by atoms with E-state index in [0.717, 1.165) is 23.0 Å². The average molecular weight is 251 g/mol. The van der Waals surface area contributed by atoms with Crippen LogP contribution < -0.4 is 5.32 Å². The zero-order chi connectivity index (χ0) is 13.1. The van der Waals surface area contributed by atoms with Crippen LogP contribution in [0.25, 0.3) is 0 Å². The average Bonchev–Trinajstić information content (AvgIpc) is 2.77. The van der Waals surface area contributed by atoms with Crippen LogP contribution in [-0.2, 0) is 6.42 Å². The standard InChI is InChI=1S/C14H15F2NO/c1-9-5-6-18-14(9)13(17-2)8-10-3-4-11(15)12(16)7-10/h3-7,13,17H,8H2,1-2H3. The van der Waals surface area contributed by atoms with Gasteiger partial charge < -0.3 is 9.73 Å². The summed E-state index contributed by atoms with van der Waals surface area (Å²) in [5.74, 6) is -0.824. The number of furan rings is 1. The van der Waals surface area contributed by atoms with Crippen molar-refractivity contribution in [3.05, 3.63) is 59.1 Å². The highest BCUT2D eigenvalue weighted by Crippen LogP contribution is 2.23. The first-order valence-electron chi connectivity index (χ1n) is 5.77. The lowest BCUT2D eigenvalue weighted by atomic mass is 10.0. The molecule has 2 nitrogen and oxygen atoms in total. The Hall–Kier alpha value is -1.68. The smallest absolute Gasteiger partial charge is 0.159 e. The lowest BCUT2D eigenvalue weighted by molar-refractivity contribution is 0.425. The van der Waals surface area contributed by atoms with Crippen LogP contribution in [0.3, 0.4) is 0 Å². The lowest BCUT2D eigenvalue weighted by Crippen LogP contribution is -2.19. The number of halogens is 2. The Morgan fingerprint density at radius 1 is 1.22 bits per heavy atom. The maximum atomic E-state index is 13.1. The number of benzene rings is 1. The zero-order valence-electron chi connectivity index (χ0n) is 10.3. The van der Waals surface area contributed by atoms with Crippen molar-refractivity contribution >= 4 is 0 Å².